The first-order valence-electron chi connectivity index (χ1n) is 6.11. The van der Waals surface area contributed by atoms with Crippen LogP contribution in [0, 0.1) is 0 Å². The second-order valence-electron chi connectivity index (χ2n) is 4.13. The molecule has 0 aliphatic carbocycles. The number of nitrogens with zero attached hydrogens (tertiary/aromatic N) is 2. The molecule has 0 atom stereocenters. The van der Waals surface area contributed by atoms with Gasteiger partial charge in [-0.05, 0) is 24.3 Å². The van der Waals surface area contributed by atoms with E-state index in [0.29, 0.717) is 5.95 Å². The van der Waals surface area contributed by atoms with Gasteiger partial charge < -0.3 is 10.3 Å². The van der Waals surface area contributed by atoms with E-state index in [-0.39, 0.29) is 0 Å². The van der Waals surface area contributed by atoms with Gasteiger partial charge in [-0.1, -0.05) is 31.9 Å². The van der Waals surface area contributed by atoms with Crippen LogP contribution in [0.2, 0.25) is 0 Å². The molecule has 17 heavy (non-hydrogen) atoms. The van der Waals surface area contributed by atoms with E-state index in [2.05, 4.69) is 22.5 Å². The van der Waals surface area contributed by atoms with Crippen molar-refractivity contribution in [1.82, 2.24) is 9.55 Å². The molecule has 2 rings (SSSR count). The lowest BCUT2D eigenvalue weighted by Gasteiger charge is -2.05. The van der Waals surface area contributed by atoms with Crippen LogP contribution in [-0.2, 0) is 5.88 Å². The molecule has 0 bridgehead atoms. The highest BCUT2D eigenvalue weighted by Crippen LogP contribution is 2.20. The average Bonchev–Trinajstić information content (AvgIpc) is 2.65. The third-order valence-corrected chi connectivity index (χ3v) is 3.81. The molecule has 1 aromatic carbocycles. The number of thioether (sulfide) groups is 1. The predicted octanol–water partition coefficient (Wildman–Crippen LogP) is 3.50. The number of rotatable bonds is 6. The number of hydrogen-bond acceptors (Lipinski definition) is 3. The van der Waals surface area contributed by atoms with Crippen molar-refractivity contribution in [3.05, 3.63) is 24.3 Å². The third kappa shape index (κ3) is 2.94. The molecule has 92 valence electrons. The van der Waals surface area contributed by atoms with E-state index < -0.39 is 0 Å². The first-order chi connectivity index (χ1) is 8.33. The Kier molecular flexibility index (Phi) is 4.31. The van der Waals surface area contributed by atoms with Crippen molar-refractivity contribution >= 4 is 28.7 Å². The van der Waals surface area contributed by atoms with E-state index >= 15 is 0 Å². The summed E-state index contributed by atoms with van der Waals surface area (Å²) < 4.78 is 2.09. The highest BCUT2D eigenvalue weighted by Gasteiger charge is 2.06. The number of para-hydroxylation sites is 2. The van der Waals surface area contributed by atoms with Crippen LogP contribution in [0.25, 0.3) is 11.0 Å². The van der Waals surface area contributed by atoms with Crippen molar-refractivity contribution < 1.29 is 0 Å². The van der Waals surface area contributed by atoms with Gasteiger partial charge >= 0.3 is 0 Å². The predicted molar refractivity (Wildman–Crippen MR) is 76.1 cm³/mol. The van der Waals surface area contributed by atoms with Crippen molar-refractivity contribution in [2.24, 2.45) is 0 Å². The minimum atomic E-state index is 0.620. The van der Waals surface area contributed by atoms with Gasteiger partial charge in [0.1, 0.15) is 0 Å². The number of imidazole rings is 1. The van der Waals surface area contributed by atoms with Crippen LogP contribution in [0.4, 0.5) is 5.95 Å². The molecule has 0 radical (unpaired) electrons. The van der Waals surface area contributed by atoms with Crippen molar-refractivity contribution in [1.29, 1.82) is 0 Å². The number of hydrogen-bond donors (Lipinski definition) is 1. The molecule has 0 spiro atoms. The summed E-state index contributed by atoms with van der Waals surface area (Å²) in [5.41, 5.74) is 8.05. The number of anilines is 1. The summed E-state index contributed by atoms with van der Waals surface area (Å²) in [6.45, 7) is 2.23. The monoisotopic (exact) mass is 249 g/mol. The maximum atomic E-state index is 5.93. The van der Waals surface area contributed by atoms with Crippen molar-refractivity contribution in [2.45, 2.75) is 32.1 Å². The Morgan fingerprint density at radius 2 is 2.12 bits per heavy atom. The Hall–Kier alpha value is -1.16. The lowest BCUT2D eigenvalue weighted by Crippen LogP contribution is -2.01. The lowest BCUT2D eigenvalue weighted by molar-refractivity contribution is 0.777. The summed E-state index contributed by atoms with van der Waals surface area (Å²) in [7, 11) is 0. The number of unbranched alkanes of at least 4 members (excludes halogenated alkanes) is 2. The minimum absolute atomic E-state index is 0.620. The fraction of sp³-hybridized carbons (Fsp3) is 0.462. The SMILES string of the molecule is CCCCCSCn1c(N)nc2ccccc21. The molecule has 4 heteroatoms. The standard InChI is InChI=1S/C13H19N3S/c1-2-3-6-9-17-10-16-12-8-5-4-7-11(12)15-13(16)14/h4-5,7-8H,2-3,6,9-10H2,1H3,(H2,14,15). The van der Waals surface area contributed by atoms with E-state index in [9.17, 15) is 0 Å². The molecule has 0 saturated carbocycles. The van der Waals surface area contributed by atoms with Gasteiger partial charge in [0.2, 0.25) is 5.95 Å². The van der Waals surface area contributed by atoms with Gasteiger partial charge in [-0.2, -0.15) is 0 Å². The Balaban J connectivity index is 2.00. The molecular weight excluding hydrogens is 230 g/mol. The van der Waals surface area contributed by atoms with E-state index in [1.54, 1.807) is 0 Å². The fourth-order valence-electron chi connectivity index (χ4n) is 1.84. The van der Waals surface area contributed by atoms with Gasteiger partial charge in [0.25, 0.3) is 0 Å². The zero-order valence-corrected chi connectivity index (χ0v) is 11.0. The highest BCUT2D eigenvalue weighted by atomic mass is 32.2. The first kappa shape index (κ1) is 12.3. The van der Waals surface area contributed by atoms with Gasteiger partial charge in [0, 0.05) is 0 Å². The number of fused-ring (bicyclic) bond motifs is 1. The maximum Gasteiger partial charge on any atom is 0.201 e. The van der Waals surface area contributed by atoms with E-state index in [4.69, 9.17) is 5.73 Å². The van der Waals surface area contributed by atoms with Crippen molar-refractivity contribution in [2.75, 3.05) is 11.5 Å². The molecule has 0 saturated heterocycles. The minimum Gasteiger partial charge on any atom is -0.369 e. The largest absolute Gasteiger partial charge is 0.369 e. The van der Waals surface area contributed by atoms with Gasteiger partial charge in [-0.3, -0.25) is 0 Å². The molecule has 0 fully saturated rings. The third-order valence-electron chi connectivity index (χ3n) is 2.80. The Morgan fingerprint density at radius 1 is 1.29 bits per heavy atom. The van der Waals surface area contributed by atoms with Gasteiger partial charge in [0.05, 0.1) is 16.9 Å². The van der Waals surface area contributed by atoms with Crippen LogP contribution in [0.5, 0.6) is 0 Å². The molecule has 0 aliphatic heterocycles. The van der Waals surface area contributed by atoms with E-state index in [1.165, 1.54) is 25.0 Å². The second-order valence-corrected chi connectivity index (χ2v) is 5.21. The summed E-state index contributed by atoms with van der Waals surface area (Å²) in [5, 5.41) is 0. The molecule has 0 amide bonds. The zero-order chi connectivity index (χ0) is 12.1. The summed E-state index contributed by atoms with van der Waals surface area (Å²) in [5.74, 6) is 2.71. The zero-order valence-electron chi connectivity index (χ0n) is 10.2. The Morgan fingerprint density at radius 3 is 2.94 bits per heavy atom. The van der Waals surface area contributed by atoms with Gasteiger partial charge in [-0.15, -0.1) is 11.8 Å². The lowest BCUT2D eigenvalue weighted by atomic mass is 10.3. The molecule has 1 heterocycles. The highest BCUT2D eigenvalue weighted by molar-refractivity contribution is 7.98. The summed E-state index contributed by atoms with van der Waals surface area (Å²) in [4.78, 5) is 4.36. The van der Waals surface area contributed by atoms with Crippen LogP contribution < -0.4 is 5.73 Å². The van der Waals surface area contributed by atoms with E-state index in [0.717, 1.165) is 16.9 Å². The number of nitrogen functional groups attached to an aromatic ring is 1. The normalized spacial score (nSPS) is 11.1. The quantitative estimate of drug-likeness (QED) is 0.797. The average molecular weight is 249 g/mol. The molecule has 0 unspecified atom stereocenters. The summed E-state index contributed by atoms with van der Waals surface area (Å²) >= 11 is 1.92. The fourth-order valence-corrected chi connectivity index (χ4v) is 2.83. The molecule has 2 N–H and O–H groups in total. The van der Waals surface area contributed by atoms with Crippen LogP contribution in [0.3, 0.4) is 0 Å². The van der Waals surface area contributed by atoms with Crippen LogP contribution in [0.1, 0.15) is 26.2 Å². The van der Waals surface area contributed by atoms with E-state index in [1.807, 2.05) is 30.0 Å². The number of benzene rings is 1. The van der Waals surface area contributed by atoms with Crippen LogP contribution in [-0.4, -0.2) is 15.3 Å². The van der Waals surface area contributed by atoms with Crippen molar-refractivity contribution in [3.8, 4) is 0 Å². The number of nitrogens with two attached hydrogens (primary N) is 1. The topological polar surface area (TPSA) is 43.8 Å². The summed E-state index contributed by atoms with van der Waals surface area (Å²) in [6, 6.07) is 8.10. The molecule has 1 aromatic heterocycles. The molecular formula is C13H19N3S. The van der Waals surface area contributed by atoms with Gasteiger partial charge in [-0.25, -0.2) is 4.98 Å². The van der Waals surface area contributed by atoms with Gasteiger partial charge in [0.15, 0.2) is 0 Å². The molecule has 3 nitrogen and oxygen atoms in total. The summed E-state index contributed by atoms with van der Waals surface area (Å²) in [6.07, 6.45) is 3.87. The smallest absolute Gasteiger partial charge is 0.201 e. The molecule has 2 aromatic rings. The number of aromatic nitrogens is 2. The van der Waals surface area contributed by atoms with Crippen molar-refractivity contribution in [3.63, 3.8) is 0 Å². The Bertz CT molecular complexity index is 478. The maximum absolute atomic E-state index is 5.93. The van der Waals surface area contributed by atoms with Crippen LogP contribution >= 0.6 is 11.8 Å². The second kappa shape index (κ2) is 5.96. The first-order valence-corrected chi connectivity index (χ1v) is 7.27. The van der Waals surface area contributed by atoms with Crippen LogP contribution in [0.15, 0.2) is 24.3 Å². The molecule has 0 aliphatic rings. The Labute approximate surface area is 106 Å².